The van der Waals surface area contributed by atoms with Crippen LogP contribution in [-0.2, 0) is 0 Å². The number of amides is 2. The zero-order valence-corrected chi connectivity index (χ0v) is 9.62. The maximum absolute atomic E-state index is 11.8. The third-order valence-electron chi connectivity index (χ3n) is 3.72. The summed E-state index contributed by atoms with van der Waals surface area (Å²) in [5, 5.41) is 6.36. The topological polar surface area (TPSA) is 44.4 Å². The lowest BCUT2D eigenvalue weighted by atomic mass is 9.95. The van der Waals surface area contributed by atoms with Crippen molar-refractivity contribution in [3.05, 3.63) is 0 Å². The van der Waals surface area contributed by atoms with E-state index in [1.807, 2.05) is 4.90 Å². The molecular weight excluding hydrogens is 190 g/mol. The van der Waals surface area contributed by atoms with Crippen LogP contribution >= 0.6 is 0 Å². The maximum atomic E-state index is 11.8. The molecule has 4 nitrogen and oxygen atoms in total. The number of urea groups is 1. The van der Waals surface area contributed by atoms with E-state index in [1.165, 1.54) is 0 Å². The van der Waals surface area contributed by atoms with Crippen LogP contribution in [0.1, 0.15) is 20.3 Å². The van der Waals surface area contributed by atoms with E-state index >= 15 is 0 Å². The van der Waals surface area contributed by atoms with Gasteiger partial charge in [0.15, 0.2) is 0 Å². The molecule has 0 aliphatic carbocycles. The molecule has 0 spiro atoms. The van der Waals surface area contributed by atoms with Gasteiger partial charge in [0.05, 0.1) is 0 Å². The monoisotopic (exact) mass is 211 g/mol. The zero-order chi connectivity index (χ0) is 10.8. The van der Waals surface area contributed by atoms with Crippen LogP contribution in [-0.4, -0.2) is 43.2 Å². The molecule has 15 heavy (non-hydrogen) atoms. The minimum absolute atomic E-state index is 0.124. The Hall–Kier alpha value is -0.770. The average molecular weight is 211 g/mol. The highest BCUT2D eigenvalue weighted by atomic mass is 16.2. The van der Waals surface area contributed by atoms with Gasteiger partial charge in [0, 0.05) is 32.2 Å². The highest BCUT2D eigenvalue weighted by Gasteiger charge is 2.43. The molecule has 2 N–H and O–H groups in total. The van der Waals surface area contributed by atoms with E-state index in [9.17, 15) is 4.79 Å². The van der Waals surface area contributed by atoms with Crippen molar-refractivity contribution in [2.24, 2.45) is 11.8 Å². The SMILES string of the molecule is CCCNC(=O)N1CC2CNCC2C1C. The summed E-state index contributed by atoms with van der Waals surface area (Å²) < 4.78 is 0. The second-order valence-corrected chi connectivity index (χ2v) is 4.71. The molecule has 3 atom stereocenters. The third-order valence-corrected chi connectivity index (χ3v) is 3.72. The predicted molar refractivity (Wildman–Crippen MR) is 59.7 cm³/mol. The molecule has 2 amide bonds. The minimum Gasteiger partial charge on any atom is -0.338 e. The quantitative estimate of drug-likeness (QED) is 0.704. The summed E-state index contributed by atoms with van der Waals surface area (Å²) in [5.74, 6) is 1.34. The molecule has 2 aliphatic heterocycles. The second kappa shape index (κ2) is 4.39. The number of nitrogens with one attached hydrogen (secondary N) is 2. The van der Waals surface area contributed by atoms with Gasteiger partial charge in [-0.1, -0.05) is 6.92 Å². The van der Waals surface area contributed by atoms with Crippen molar-refractivity contribution < 1.29 is 4.79 Å². The molecule has 0 aromatic carbocycles. The third kappa shape index (κ3) is 1.95. The minimum atomic E-state index is 0.124. The first kappa shape index (κ1) is 10.7. The van der Waals surface area contributed by atoms with Crippen LogP contribution in [0.25, 0.3) is 0 Å². The van der Waals surface area contributed by atoms with E-state index in [0.717, 1.165) is 32.6 Å². The van der Waals surface area contributed by atoms with Crippen LogP contribution < -0.4 is 10.6 Å². The van der Waals surface area contributed by atoms with Gasteiger partial charge in [-0.2, -0.15) is 0 Å². The summed E-state index contributed by atoms with van der Waals surface area (Å²) in [6, 6.07) is 0.514. The van der Waals surface area contributed by atoms with E-state index in [1.54, 1.807) is 0 Å². The fraction of sp³-hybridized carbons (Fsp3) is 0.909. The number of carbonyl (C=O) groups is 1. The molecule has 0 radical (unpaired) electrons. The first-order chi connectivity index (χ1) is 7.24. The number of hydrogen-bond acceptors (Lipinski definition) is 2. The summed E-state index contributed by atoms with van der Waals surface area (Å²) in [7, 11) is 0. The molecule has 2 rings (SSSR count). The van der Waals surface area contributed by atoms with Gasteiger partial charge in [0.25, 0.3) is 0 Å². The summed E-state index contributed by atoms with van der Waals surface area (Å²) in [5.41, 5.74) is 0. The lowest BCUT2D eigenvalue weighted by molar-refractivity contribution is 0.189. The fourth-order valence-corrected chi connectivity index (χ4v) is 2.77. The molecule has 4 heteroatoms. The molecule has 0 saturated carbocycles. The molecule has 0 bridgehead atoms. The first-order valence-corrected chi connectivity index (χ1v) is 5.99. The fourth-order valence-electron chi connectivity index (χ4n) is 2.77. The Kier molecular flexibility index (Phi) is 3.14. The van der Waals surface area contributed by atoms with Crippen LogP contribution in [0.4, 0.5) is 4.79 Å². The molecule has 0 aromatic rings. The van der Waals surface area contributed by atoms with Crippen LogP contribution in [0.5, 0.6) is 0 Å². The van der Waals surface area contributed by atoms with Crippen molar-refractivity contribution in [3.8, 4) is 0 Å². The van der Waals surface area contributed by atoms with Crippen molar-refractivity contribution in [1.82, 2.24) is 15.5 Å². The Bertz CT molecular complexity index is 244. The Balaban J connectivity index is 1.91. The van der Waals surface area contributed by atoms with Crippen molar-refractivity contribution in [1.29, 1.82) is 0 Å². The van der Waals surface area contributed by atoms with Crippen molar-refractivity contribution in [3.63, 3.8) is 0 Å². The maximum Gasteiger partial charge on any atom is 0.317 e. The Labute approximate surface area is 91.4 Å². The second-order valence-electron chi connectivity index (χ2n) is 4.71. The van der Waals surface area contributed by atoms with Crippen LogP contribution in [0, 0.1) is 11.8 Å². The van der Waals surface area contributed by atoms with E-state index < -0.39 is 0 Å². The molecule has 2 aliphatic rings. The number of likely N-dealkylation sites (tertiary alicyclic amines) is 1. The summed E-state index contributed by atoms with van der Waals surface area (Å²) in [6.45, 7) is 8.11. The molecule has 2 heterocycles. The standard InChI is InChI=1S/C11H21N3O/c1-3-4-13-11(15)14-7-9-5-12-6-10(9)8(14)2/h8-10,12H,3-7H2,1-2H3,(H,13,15). The summed E-state index contributed by atoms with van der Waals surface area (Å²) in [6.07, 6.45) is 1.00. The number of rotatable bonds is 2. The number of carbonyl (C=O) groups excluding carboxylic acids is 1. The summed E-state index contributed by atoms with van der Waals surface area (Å²) >= 11 is 0. The number of hydrogen-bond donors (Lipinski definition) is 2. The predicted octanol–water partition coefficient (Wildman–Crippen LogP) is 0.646. The van der Waals surface area contributed by atoms with Gasteiger partial charge >= 0.3 is 6.03 Å². The number of fused-ring (bicyclic) bond motifs is 1. The van der Waals surface area contributed by atoms with E-state index in [4.69, 9.17) is 0 Å². The van der Waals surface area contributed by atoms with Gasteiger partial charge in [-0.25, -0.2) is 4.79 Å². The Morgan fingerprint density at radius 3 is 3.00 bits per heavy atom. The first-order valence-electron chi connectivity index (χ1n) is 5.99. The lowest BCUT2D eigenvalue weighted by Gasteiger charge is -2.24. The van der Waals surface area contributed by atoms with Gasteiger partial charge in [-0.3, -0.25) is 0 Å². The smallest absolute Gasteiger partial charge is 0.317 e. The molecule has 2 saturated heterocycles. The van der Waals surface area contributed by atoms with E-state index in [-0.39, 0.29) is 6.03 Å². The van der Waals surface area contributed by atoms with Crippen molar-refractivity contribution in [2.75, 3.05) is 26.2 Å². The Morgan fingerprint density at radius 2 is 2.33 bits per heavy atom. The van der Waals surface area contributed by atoms with Gasteiger partial charge in [-0.05, 0) is 25.2 Å². The molecular formula is C11H21N3O. The zero-order valence-electron chi connectivity index (χ0n) is 9.62. The molecule has 3 unspecified atom stereocenters. The average Bonchev–Trinajstić information content (AvgIpc) is 2.78. The normalized spacial score (nSPS) is 34.3. The van der Waals surface area contributed by atoms with Crippen molar-refractivity contribution >= 4 is 6.03 Å². The number of nitrogens with zero attached hydrogens (tertiary/aromatic N) is 1. The van der Waals surface area contributed by atoms with Crippen LogP contribution in [0.15, 0.2) is 0 Å². The summed E-state index contributed by atoms with van der Waals surface area (Å²) in [4.78, 5) is 13.8. The van der Waals surface area contributed by atoms with E-state index in [0.29, 0.717) is 17.9 Å². The van der Waals surface area contributed by atoms with Crippen LogP contribution in [0.3, 0.4) is 0 Å². The molecule has 2 fully saturated rings. The lowest BCUT2D eigenvalue weighted by Crippen LogP contribution is -2.44. The van der Waals surface area contributed by atoms with Gasteiger partial charge in [0.1, 0.15) is 0 Å². The highest BCUT2D eigenvalue weighted by molar-refractivity contribution is 5.75. The largest absolute Gasteiger partial charge is 0.338 e. The van der Waals surface area contributed by atoms with E-state index in [2.05, 4.69) is 24.5 Å². The molecule has 86 valence electrons. The highest BCUT2D eigenvalue weighted by Crippen LogP contribution is 2.31. The van der Waals surface area contributed by atoms with Crippen LogP contribution in [0.2, 0.25) is 0 Å². The van der Waals surface area contributed by atoms with Gasteiger partial charge in [-0.15, -0.1) is 0 Å². The Morgan fingerprint density at radius 1 is 1.53 bits per heavy atom. The van der Waals surface area contributed by atoms with Crippen molar-refractivity contribution in [2.45, 2.75) is 26.3 Å². The van der Waals surface area contributed by atoms with Gasteiger partial charge < -0.3 is 15.5 Å². The molecule has 0 aromatic heterocycles. The van der Waals surface area contributed by atoms with Gasteiger partial charge in [0.2, 0.25) is 0 Å².